The van der Waals surface area contributed by atoms with Crippen LogP contribution in [0.2, 0.25) is 0 Å². The number of aromatic nitrogens is 2. The van der Waals surface area contributed by atoms with E-state index in [9.17, 15) is 0 Å². The predicted molar refractivity (Wildman–Crippen MR) is 85.4 cm³/mol. The maximum Gasteiger partial charge on any atom is 0.199 e. The second-order valence-electron chi connectivity index (χ2n) is 5.16. The summed E-state index contributed by atoms with van der Waals surface area (Å²) in [5, 5.41) is 7.55. The molecule has 0 spiro atoms. The lowest BCUT2D eigenvalue weighted by molar-refractivity contribution is 0.307. The zero-order chi connectivity index (χ0) is 15.4. The van der Waals surface area contributed by atoms with Gasteiger partial charge in [0.25, 0.3) is 0 Å². The van der Waals surface area contributed by atoms with Crippen molar-refractivity contribution in [2.24, 2.45) is 4.99 Å². The van der Waals surface area contributed by atoms with Crippen molar-refractivity contribution in [2.45, 2.75) is 19.4 Å². The van der Waals surface area contributed by atoms with Gasteiger partial charge in [0.05, 0.1) is 6.04 Å². The number of amidine groups is 1. The number of hydrogen-bond acceptors (Lipinski definition) is 6. The number of nitrogen functional groups attached to an aromatic ring is 1. The van der Waals surface area contributed by atoms with Gasteiger partial charge in [-0.05, 0) is 22.3 Å². The fraction of sp³-hybridized carbons (Fsp3) is 0.312. The van der Waals surface area contributed by atoms with Crippen molar-refractivity contribution in [1.82, 2.24) is 15.2 Å². The van der Waals surface area contributed by atoms with E-state index in [1.807, 2.05) is 18.2 Å². The molecule has 1 atom stereocenters. The fourth-order valence-electron chi connectivity index (χ4n) is 2.51. The van der Waals surface area contributed by atoms with Crippen molar-refractivity contribution in [1.29, 1.82) is 0 Å². The quantitative estimate of drug-likeness (QED) is 0.857. The summed E-state index contributed by atoms with van der Waals surface area (Å²) >= 11 is 0. The number of nitrogens with two attached hydrogens (primary N) is 1. The summed E-state index contributed by atoms with van der Waals surface area (Å²) in [7, 11) is 0. The smallest absolute Gasteiger partial charge is 0.199 e. The largest absolute Gasteiger partial charge is 0.379 e. The summed E-state index contributed by atoms with van der Waals surface area (Å²) in [6.45, 7) is 3.67. The number of anilines is 1. The molecule has 0 aliphatic carbocycles. The minimum absolute atomic E-state index is 0.0716. The fourth-order valence-corrected chi connectivity index (χ4v) is 2.51. The van der Waals surface area contributed by atoms with Crippen molar-refractivity contribution in [3.63, 3.8) is 0 Å². The predicted octanol–water partition coefficient (Wildman–Crippen LogP) is 2.42. The van der Waals surface area contributed by atoms with Gasteiger partial charge < -0.3 is 10.6 Å². The highest BCUT2D eigenvalue weighted by molar-refractivity contribution is 6.01. The zero-order valence-corrected chi connectivity index (χ0v) is 12.5. The Balaban J connectivity index is 1.89. The number of rotatable bonds is 5. The molecule has 1 unspecified atom stereocenters. The third kappa shape index (κ3) is 2.86. The van der Waals surface area contributed by atoms with Crippen LogP contribution in [0.4, 0.5) is 5.82 Å². The first kappa shape index (κ1) is 14.3. The average Bonchev–Trinajstić information content (AvgIpc) is 3.14. The molecule has 0 saturated carbocycles. The Morgan fingerprint density at radius 3 is 2.77 bits per heavy atom. The molecule has 6 heteroatoms. The molecule has 3 rings (SSSR count). The van der Waals surface area contributed by atoms with Crippen LogP contribution in [0.25, 0.3) is 0 Å². The second-order valence-corrected chi connectivity index (χ2v) is 5.16. The molecule has 0 fully saturated rings. The van der Waals surface area contributed by atoms with Crippen LogP contribution in [0.5, 0.6) is 0 Å². The molecular formula is C16H19N5O. The normalized spacial score (nSPS) is 18.1. The number of aliphatic imine (C=N–C) groups is 1. The maximum atomic E-state index is 5.83. The third-order valence-corrected chi connectivity index (χ3v) is 3.61. The molecular weight excluding hydrogens is 278 g/mol. The molecule has 6 nitrogen and oxygen atoms in total. The lowest BCUT2D eigenvalue weighted by Gasteiger charge is -2.18. The number of hydrogen-bond donors (Lipinski definition) is 1. The van der Waals surface area contributed by atoms with Crippen LogP contribution in [0.15, 0.2) is 52.1 Å². The van der Waals surface area contributed by atoms with Gasteiger partial charge in [0, 0.05) is 13.1 Å². The number of allylic oxidation sites excluding steroid dienone is 1. The average molecular weight is 297 g/mol. The summed E-state index contributed by atoms with van der Waals surface area (Å²) in [6, 6.07) is 10.3. The first-order valence-electron chi connectivity index (χ1n) is 7.40. The van der Waals surface area contributed by atoms with Crippen LogP contribution in [-0.4, -0.2) is 34.1 Å². The van der Waals surface area contributed by atoms with Crippen LogP contribution in [-0.2, 0) is 0 Å². The zero-order valence-electron chi connectivity index (χ0n) is 12.5. The highest BCUT2D eigenvalue weighted by Gasteiger charge is 2.30. The second kappa shape index (κ2) is 6.43. The Hall–Kier alpha value is -2.63. The SMILES string of the molecule is CC/C=C\CN1CC(c2ccccc2)N=C1c1nonc1N. The van der Waals surface area contributed by atoms with Crippen molar-refractivity contribution >= 4 is 11.7 Å². The van der Waals surface area contributed by atoms with Gasteiger partial charge >= 0.3 is 0 Å². The van der Waals surface area contributed by atoms with E-state index >= 15 is 0 Å². The van der Waals surface area contributed by atoms with Crippen LogP contribution in [0, 0.1) is 0 Å². The lowest BCUT2D eigenvalue weighted by atomic mass is 10.1. The minimum atomic E-state index is 0.0716. The Morgan fingerprint density at radius 2 is 2.09 bits per heavy atom. The summed E-state index contributed by atoms with van der Waals surface area (Å²) < 4.78 is 4.72. The molecule has 2 heterocycles. The molecule has 22 heavy (non-hydrogen) atoms. The first-order valence-corrected chi connectivity index (χ1v) is 7.40. The first-order chi connectivity index (χ1) is 10.8. The van der Waals surface area contributed by atoms with Gasteiger partial charge in [-0.25, -0.2) is 4.63 Å². The van der Waals surface area contributed by atoms with E-state index in [0.717, 1.165) is 25.3 Å². The van der Waals surface area contributed by atoms with Crippen molar-refractivity contribution < 1.29 is 4.63 Å². The van der Waals surface area contributed by atoms with Crippen LogP contribution >= 0.6 is 0 Å². The van der Waals surface area contributed by atoms with Gasteiger partial charge in [-0.15, -0.1) is 0 Å². The van der Waals surface area contributed by atoms with Crippen molar-refractivity contribution in [2.75, 3.05) is 18.8 Å². The van der Waals surface area contributed by atoms with E-state index < -0.39 is 0 Å². The minimum Gasteiger partial charge on any atom is -0.379 e. The molecule has 1 aliphatic rings. The molecule has 1 aliphatic heterocycles. The molecule has 0 radical (unpaired) electrons. The molecule has 2 aromatic rings. The molecule has 1 aromatic carbocycles. The van der Waals surface area contributed by atoms with E-state index in [4.69, 9.17) is 15.4 Å². The van der Waals surface area contributed by atoms with E-state index in [-0.39, 0.29) is 11.9 Å². The Morgan fingerprint density at radius 1 is 1.27 bits per heavy atom. The van der Waals surface area contributed by atoms with E-state index in [1.165, 1.54) is 5.56 Å². The molecule has 114 valence electrons. The summed E-state index contributed by atoms with van der Waals surface area (Å²) in [5.41, 5.74) is 7.52. The summed E-state index contributed by atoms with van der Waals surface area (Å²) in [4.78, 5) is 6.94. The van der Waals surface area contributed by atoms with Crippen LogP contribution < -0.4 is 5.73 Å². The Bertz CT molecular complexity index is 677. The van der Waals surface area contributed by atoms with E-state index in [0.29, 0.717) is 5.69 Å². The van der Waals surface area contributed by atoms with Gasteiger partial charge in [0.15, 0.2) is 17.3 Å². The van der Waals surface area contributed by atoms with Crippen molar-refractivity contribution in [3.8, 4) is 0 Å². The standard InChI is InChI=1S/C16H19N5O/c1-2-3-7-10-21-11-13(12-8-5-4-6-9-12)18-16(21)14-15(17)20-22-19-14/h3-9,13H,2,10-11H2,1H3,(H2,17,20)/b7-3-. The number of nitrogens with zero attached hydrogens (tertiary/aromatic N) is 4. The Kier molecular flexibility index (Phi) is 4.18. The van der Waals surface area contributed by atoms with E-state index in [1.54, 1.807) is 0 Å². The van der Waals surface area contributed by atoms with E-state index in [2.05, 4.69) is 46.4 Å². The lowest BCUT2D eigenvalue weighted by Crippen LogP contribution is -2.29. The summed E-state index contributed by atoms with van der Waals surface area (Å²) in [5.74, 6) is 1.02. The molecule has 1 aromatic heterocycles. The molecule has 2 N–H and O–H groups in total. The monoisotopic (exact) mass is 297 g/mol. The van der Waals surface area contributed by atoms with Gasteiger partial charge in [-0.1, -0.05) is 49.4 Å². The topological polar surface area (TPSA) is 80.5 Å². The van der Waals surface area contributed by atoms with Crippen LogP contribution in [0.1, 0.15) is 30.6 Å². The maximum absolute atomic E-state index is 5.83. The summed E-state index contributed by atoms with van der Waals surface area (Å²) in [6.07, 6.45) is 5.28. The van der Waals surface area contributed by atoms with Gasteiger partial charge in [-0.3, -0.25) is 4.99 Å². The van der Waals surface area contributed by atoms with Crippen molar-refractivity contribution in [3.05, 3.63) is 53.7 Å². The van der Waals surface area contributed by atoms with Gasteiger partial charge in [0.1, 0.15) is 0 Å². The highest BCUT2D eigenvalue weighted by Crippen LogP contribution is 2.27. The van der Waals surface area contributed by atoms with Gasteiger partial charge in [0.2, 0.25) is 0 Å². The molecule has 0 bridgehead atoms. The van der Waals surface area contributed by atoms with Gasteiger partial charge in [-0.2, -0.15) is 0 Å². The van der Waals surface area contributed by atoms with Crippen LogP contribution in [0.3, 0.4) is 0 Å². The molecule has 0 amide bonds. The third-order valence-electron chi connectivity index (χ3n) is 3.61. The molecule has 0 saturated heterocycles. The number of benzene rings is 1. The highest BCUT2D eigenvalue weighted by atomic mass is 16.6. The Labute approximate surface area is 129 Å².